The van der Waals surface area contributed by atoms with E-state index in [9.17, 15) is 4.39 Å². The van der Waals surface area contributed by atoms with Gasteiger partial charge in [0.15, 0.2) is 5.75 Å². The molecule has 2 N–H and O–H groups in total. The smallest absolute Gasteiger partial charge is 0.151 e. The Morgan fingerprint density at radius 3 is 2.44 bits per heavy atom. The molecule has 0 aliphatic rings. The molecule has 2 rings (SSSR count). The maximum absolute atomic E-state index is 13.0. The van der Waals surface area contributed by atoms with Gasteiger partial charge in [0.25, 0.3) is 0 Å². The Labute approximate surface area is 110 Å². The maximum Gasteiger partial charge on any atom is 0.151 e. The van der Waals surface area contributed by atoms with Crippen LogP contribution in [0, 0.1) is 19.7 Å². The number of ether oxygens (including phenoxy) is 1. The summed E-state index contributed by atoms with van der Waals surface area (Å²) in [6.45, 7) is 3.63. The topological polar surface area (TPSA) is 35.2 Å². The Morgan fingerprint density at radius 2 is 1.78 bits per heavy atom. The van der Waals surface area contributed by atoms with Crippen LogP contribution in [0.25, 0.3) is 0 Å². The quantitative estimate of drug-likeness (QED) is 0.813. The van der Waals surface area contributed by atoms with E-state index in [1.165, 1.54) is 12.1 Å². The zero-order chi connectivity index (χ0) is 13.3. The largest absolute Gasteiger partial charge is 0.455 e. The first kappa shape index (κ1) is 12.7. The molecule has 0 bridgehead atoms. The van der Waals surface area contributed by atoms with Crippen LogP contribution >= 0.6 is 11.6 Å². The van der Waals surface area contributed by atoms with Gasteiger partial charge in [0.05, 0.1) is 5.69 Å². The fourth-order valence-electron chi connectivity index (χ4n) is 1.62. The molecule has 0 amide bonds. The molecule has 2 aromatic carbocycles. The molecular weight excluding hydrogens is 253 g/mol. The minimum atomic E-state index is -0.297. The third kappa shape index (κ3) is 2.57. The van der Waals surface area contributed by atoms with Crippen molar-refractivity contribution in [3.05, 3.63) is 52.3 Å². The Balaban J connectivity index is 2.37. The Kier molecular flexibility index (Phi) is 3.43. The standard InChI is InChI=1S/C14H13ClFNO/c1-8-6-12(17)14(7-11(8)15)18-13-4-3-10(16)5-9(13)2/h3-7H,17H2,1-2H3. The van der Waals surface area contributed by atoms with Crippen LogP contribution < -0.4 is 10.5 Å². The van der Waals surface area contributed by atoms with Gasteiger partial charge < -0.3 is 10.5 Å². The highest BCUT2D eigenvalue weighted by atomic mass is 35.5. The summed E-state index contributed by atoms with van der Waals surface area (Å²) < 4.78 is 18.6. The van der Waals surface area contributed by atoms with E-state index in [2.05, 4.69) is 0 Å². The van der Waals surface area contributed by atoms with Gasteiger partial charge >= 0.3 is 0 Å². The number of hydrogen-bond donors (Lipinski definition) is 1. The van der Waals surface area contributed by atoms with Gasteiger partial charge in [-0.15, -0.1) is 0 Å². The molecule has 94 valence electrons. The lowest BCUT2D eigenvalue weighted by Crippen LogP contribution is -1.95. The molecule has 0 radical (unpaired) electrons. The first-order valence-corrected chi connectivity index (χ1v) is 5.85. The molecule has 4 heteroatoms. The van der Waals surface area contributed by atoms with Gasteiger partial charge in [-0.3, -0.25) is 0 Å². The van der Waals surface area contributed by atoms with Gasteiger partial charge in [0.1, 0.15) is 11.6 Å². The molecule has 0 aliphatic heterocycles. The summed E-state index contributed by atoms with van der Waals surface area (Å²) in [5, 5.41) is 0.582. The molecule has 0 aliphatic carbocycles. The summed E-state index contributed by atoms with van der Waals surface area (Å²) in [4.78, 5) is 0. The van der Waals surface area contributed by atoms with Crippen molar-refractivity contribution >= 4 is 17.3 Å². The number of halogens is 2. The number of nitrogens with two attached hydrogens (primary N) is 1. The summed E-state index contributed by atoms with van der Waals surface area (Å²) in [5.41, 5.74) is 7.95. The van der Waals surface area contributed by atoms with E-state index < -0.39 is 0 Å². The second kappa shape index (κ2) is 4.86. The van der Waals surface area contributed by atoms with Crippen LogP contribution in [0.4, 0.5) is 10.1 Å². The SMILES string of the molecule is Cc1cc(N)c(Oc2ccc(F)cc2C)cc1Cl. The van der Waals surface area contributed by atoms with E-state index in [0.29, 0.717) is 27.8 Å². The van der Waals surface area contributed by atoms with Crippen LogP contribution in [0.2, 0.25) is 5.02 Å². The van der Waals surface area contributed by atoms with Gasteiger partial charge in [0, 0.05) is 11.1 Å². The maximum atomic E-state index is 13.0. The van der Waals surface area contributed by atoms with E-state index in [1.807, 2.05) is 6.92 Å². The average molecular weight is 266 g/mol. The zero-order valence-corrected chi connectivity index (χ0v) is 10.9. The Morgan fingerprint density at radius 1 is 1.06 bits per heavy atom. The Bertz CT molecular complexity index is 599. The molecule has 2 aromatic rings. The molecule has 0 atom stereocenters. The van der Waals surface area contributed by atoms with Crippen molar-refractivity contribution in [2.24, 2.45) is 0 Å². The molecule has 0 unspecified atom stereocenters. The second-order valence-corrected chi connectivity index (χ2v) is 4.56. The number of rotatable bonds is 2. The lowest BCUT2D eigenvalue weighted by Gasteiger charge is -2.12. The van der Waals surface area contributed by atoms with Crippen molar-refractivity contribution in [3.63, 3.8) is 0 Å². The highest BCUT2D eigenvalue weighted by Gasteiger charge is 2.08. The highest BCUT2D eigenvalue weighted by Crippen LogP contribution is 2.33. The molecule has 0 fully saturated rings. The average Bonchev–Trinajstić information content (AvgIpc) is 2.29. The zero-order valence-electron chi connectivity index (χ0n) is 10.1. The lowest BCUT2D eigenvalue weighted by molar-refractivity contribution is 0.479. The summed E-state index contributed by atoms with van der Waals surface area (Å²) in [6, 6.07) is 7.72. The van der Waals surface area contributed by atoms with Crippen molar-refractivity contribution in [3.8, 4) is 11.5 Å². The fourth-order valence-corrected chi connectivity index (χ4v) is 1.77. The van der Waals surface area contributed by atoms with E-state index >= 15 is 0 Å². The van der Waals surface area contributed by atoms with Gasteiger partial charge in [-0.05, 0) is 49.2 Å². The van der Waals surface area contributed by atoms with Crippen molar-refractivity contribution < 1.29 is 9.13 Å². The first-order valence-electron chi connectivity index (χ1n) is 5.47. The third-order valence-corrected chi connectivity index (χ3v) is 3.06. The number of aryl methyl sites for hydroxylation is 2. The third-order valence-electron chi connectivity index (χ3n) is 2.65. The minimum absolute atomic E-state index is 0.297. The van der Waals surface area contributed by atoms with Gasteiger partial charge in [0.2, 0.25) is 0 Å². The van der Waals surface area contributed by atoms with Gasteiger partial charge in [-0.2, -0.15) is 0 Å². The van der Waals surface area contributed by atoms with Gasteiger partial charge in [-0.25, -0.2) is 4.39 Å². The van der Waals surface area contributed by atoms with Crippen LogP contribution in [-0.2, 0) is 0 Å². The first-order chi connectivity index (χ1) is 8.47. The molecular formula is C14H13ClFNO. The number of benzene rings is 2. The molecule has 0 aromatic heterocycles. The monoisotopic (exact) mass is 265 g/mol. The second-order valence-electron chi connectivity index (χ2n) is 4.15. The van der Waals surface area contributed by atoms with E-state index in [-0.39, 0.29) is 5.82 Å². The predicted octanol–water partition coefficient (Wildman–Crippen LogP) is 4.47. The number of nitrogen functional groups attached to an aromatic ring is 1. The van der Waals surface area contributed by atoms with Crippen molar-refractivity contribution in [2.45, 2.75) is 13.8 Å². The number of anilines is 1. The van der Waals surface area contributed by atoms with Crippen molar-refractivity contribution in [1.29, 1.82) is 0 Å². The fraction of sp³-hybridized carbons (Fsp3) is 0.143. The molecule has 2 nitrogen and oxygen atoms in total. The summed E-state index contributed by atoms with van der Waals surface area (Å²) >= 11 is 6.02. The molecule has 0 spiro atoms. The van der Waals surface area contributed by atoms with Gasteiger partial charge in [-0.1, -0.05) is 11.6 Å². The Hall–Kier alpha value is -1.74. The van der Waals surface area contributed by atoms with E-state index in [1.54, 1.807) is 25.1 Å². The van der Waals surface area contributed by atoms with Crippen molar-refractivity contribution in [2.75, 3.05) is 5.73 Å². The van der Waals surface area contributed by atoms with E-state index in [4.69, 9.17) is 22.1 Å². The summed E-state index contributed by atoms with van der Waals surface area (Å²) in [5.74, 6) is 0.734. The summed E-state index contributed by atoms with van der Waals surface area (Å²) in [7, 11) is 0. The normalized spacial score (nSPS) is 10.4. The summed E-state index contributed by atoms with van der Waals surface area (Å²) in [6.07, 6.45) is 0. The molecule has 18 heavy (non-hydrogen) atoms. The van der Waals surface area contributed by atoms with Crippen LogP contribution in [0.15, 0.2) is 30.3 Å². The van der Waals surface area contributed by atoms with Crippen molar-refractivity contribution in [1.82, 2.24) is 0 Å². The highest BCUT2D eigenvalue weighted by molar-refractivity contribution is 6.31. The molecule has 0 saturated carbocycles. The van der Waals surface area contributed by atoms with E-state index in [0.717, 1.165) is 5.56 Å². The predicted molar refractivity (Wildman–Crippen MR) is 71.8 cm³/mol. The van der Waals surface area contributed by atoms with Crippen LogP contribution in [0.1, 0.15) is 11.1 Å². The van der Waals surface area contributed by atoms with Crippen LogP contribution in [0.3, 0.4) is 0 Å². The number of hydrogen-bond acceptors (Lipinski definition) is 2. The molecule has 0 heterocycles. The van der Waals surface area contributed by atoms with Crippen LogP contribution in [-0.4, -0.2) is 0 Å². The lowest BCUT2D eigenvalue weighted by atomic mass is 10.2. The molecule has 0 saturated heterocycles. The minimum Gasteiger partial charge on any atom is -0.455 e. The van der Waals surface area contributed by atoms with Crippen LogP contribution in [0.5, 0.6) is 11.5 Å².